The lowest BCUT2D eigenvalue weighted by Gasteiger charge is -2.16. The van der Waals surface area contributed by atoms with Crippen LogP contribution in [0.15, 0.2) is 24.5 Å². The lowest BCUT2D eigenvalue weighted by Crippen LogP contribution is -2.07. The molecule has 2 unspecified atom stereocenters. The summed E-state index contributed by atoms with van der Waals surface area (Å²) in [5.41, 5.74) is 1.09. The van der Waals surface area contributed by atoms with Crippen LogP contribution in [0.5, 0.6) is 0 Å². The summed E-state index contributed by atoms with van der Waals surface area (Å²) >= 11 is 0. The molecule has 14 heavy (non-hydrogen) atoms. The maximum atomic E-state index is 9.11. The molecule has 0 aromatic carbocycles. The van der Waals surface area contributed by atoms with Gasteiger partial charge in [0.1, 0.15) is 0 Å². The van der Waals surface area contributed by atoms with Crippen molar-refractivity contribution < 1.29 is 0 Å². The third-order valence-electron chi connectivity index (χ3n) is 2.52. The molecule has 1 heterocycles. The molecule has 1 aromatic heterocycles. The summed E-state index contributed by atoms with van der Waals surface area (Å²) in [4.78, 5) is 3.96. The van der Waals surface area contributed by atoms with E-state index in [4.69, 9.17) is 5.26 Å². The molecule has 0 saturated heterocycles. The zero-order valence-electron chi connectivity index (χ0n) is 8.77. The standard InChI is InChI=1S/C12H16N2/c1-3-4-10(2)12(9-13)11-5-7-14-8-6-11/h5-8,10,12H,3-4H2,1-2H3. The van der Waals surface area contributed by atoms with Crippen molar-refractivity contribution in [3.63, 3.8) is 0 Å². The summed E-state index contributed by atoms with van der Waals surface area (Å²) in [5.74, 6) is 0.436. The lowest BCUT2D eigenvalue weighted by atomic mass is 9.86. The van der Waals surface area contributed by atoms with Crippen molar-refractivity contribution >= 4 is 0 Å². The Morgan fingerprint density at radius 3 is 2.57 bits per heavy atom. The van der Waals surface area contributed by atoms with Gasteiger partial charge in [-0.1, -0.05) is 20.3 Å². The maximum Gasteiger partial charge on any atom is 0.0739 e. The minimum atomic E-state index is 0.0120. The van der Waals surface area contributed by atoms with E-state index in [0.29, 0.717) is 5.92 Å². The van der Waals surface area contributed by atoms with E-state index in [1.165, 1.54) is 0 Å². The highest BCUT2D eigenvalue weighted by atomic mass is 14.6. The second-order valence-electron chi connectivity index (χ2n) is 3.65. The minimum Gasteiger partial charge on any atom is -0.265 e. The maximum absolute atomic E-state index is 9.11. The van der Waals surface area contributed by atoms with Crippen molar-refractivity contribution in [1.82, 2.24) is 4.98 Å². The van der Waals surface area contributed by atoms with Crippen LogP contribution >= 0.6 is 0 Å². The van der Waals surface area contributed by atoms with Gasteiger partial charge in [0, 0.05) is 12.4 Å². The van der Waals surface area contributed by atoms with Gasteiger partial charge in [0.25, 0.3) is 0 Å². The van der Waals surface area contributed by atoms with Gasteiger partial charge in [0.05, 0.1) is 12.0 Å². The second kappa shape index (κ2) is 5.39. The van der Waals surface area contributed by atoms with Crippen LogP contribution in [-0.2, 0) is 0 Å². The van der Waals surface area contributed by atoms with E-state index >= 15 is 0 Å². The van der Waals surface area contributed by atoms with Crippen LogP contribution in [-0.4, -0.2) is 4.98 Å². The molecule has 0 N–H and O–H groups in total. The van der Waals surface area contributed by atoms with E-state index in [1.54, 1.807) is 12.4 Å². The molecule has 0 radical (unpaired) electrons. The first-order chi connectivity index (χ1) is 6.79. The molecule has 0 amide bonds. The van der Waals surface area contributed by atoms with Crippen LogP contribution in [0.2, 0.25) is 0 Å². The molecule has 0 aliphatic carbocycles. The molecule has 0 bridgehead atoms. The number of nitriles is 1. The zero-order chi connectivity index (χ0) is 10.4. The average Bonchev–Trinajstić information content (AvgIpc) is 2.21. The fourth-order valence-corrected chi connectivity index (χ4v) is 1.72. The van der Waals surface area contributed by atoms with Gasteiger partial charge in [-0.3, -0.25) is 4.98 Å². The molecule has 2 nitrogen and oxygen atoms in total. The van der Waals surface area contributed by atoms with Gasteiger partial charge in [0.2, 0.25) is 0 Å². The Kier molecular flexibility index (Phi) is 4.12. The minimum absolute atomic E-state index is 0.0120. The van der Waals surface area contributed by atoms with Gasteiger partial charge >= 0.3 is 0 Å². The third kappa shape index (κ3) is 2.56. The molecule has 74 valence electrons. The fraction of sp³-hybridized carbons (Fsp3) is 0.500. The Morgan fingerprint density at radius 1 is 1.43 bits per heavy atom. The molecular weight excluding hydrogens is 172 g/mol. The van der Waals surface area contributed by atoms with E-state index in [1.807, 2.05) is 12.1 Å². The van der Waals surface area contributed by atoms with Crippen LogP contribution in [0.25, 0.3) is 0 Å². The molecule has 1 rings (SSSR count). The number of nitrogens with zero attached hydrogens (tertiary/aromatic N) is 2. The van der Waals surface area contributed by atoms with Crippen LogP contribution in [0.4, 0.5) is 0 Å². The SMILES string of the molecule is CCCC(C)C(C#N)c1ccncc1. The Bertz CT molecular complexity index is 300. The Balaban J connectivity index is 2.78. The van der Waals surface area contributed by atoms with Crippen molar-refractivity contribution in [2.75, 3.05) is 0 Å². The summed E-state index contributed by atoms with van der Waals surface area (Å²) in [6, 6.07) is 6.24. The highest BCUT2D eigenvalue weighted by Crippen LogP contribution is 2.26. The molecule has 0 fully saturated rings. The first-order valence-corrected chi connectivity index (χ1v) is 5.09. The summed E-state index contributed by atoms with van der Waals surface area (Å²) in [5, 5.41) is 9.11. The number of hydrogen-bond acceptors (Lipinski definition) is 2. The van der Waals surface area contributed by atoms with Crippen molar-refractivity contribution in [2.45, 2.75) is 32.6 Å². The highest BCUT2D eigenvalue weighted by Gasteiger charge is 2.17. The predicted octanol–water partition coefficient (Wildman–Crippen LogP) is 3.12. The Morgan fingerprint density at radius 2 is 2.07 bits per heavy atom. The molecule has 0 spiro atoms. The van der Waals surface area contributed by atoms with Crippen molar-refractivity contribution in [2.24, 2.45) is 5.92 Å². The van der Waals surface area contributed by atoms with Crippen molar-refractivity contribution in [1.29, 1.82) is 5.26 Å². The number of rotatable bonds is 4. The van der Waals surface area contributed by atoms with E-state index in [-0.39, 0.29) is 5.92 Å². The smallest absolute Gasteiger partial charge is 0.0739 e. The van der Waals surface area contributed by atoms with E-state index in [2.05, 4.69) is 24.9 Å². The first-order valence-electron chi connectivity index (χ1n) is 5.09. The van der Waals surface area contributed by atoms with Crippen LogP contribution in [0, 0.1) is 17.2 Å². The molecule has 2 heteroatoms. The summed E-state index contributed by atoms with van der Waals surface area (Å²) in [6.45, 7) is 4.29. The van der Waals surface area contributed by atoms with Gasteiger partial charge in [-0.15, -0.1) is 0 Å². The average molecular weight is 188 g/mol. The van der Waals surface area contributed by atoms with Gasteiger partial charge < -0.3 is 0 Å². The molecule has 2 atom stereocenters. The summed E-state index contributed by atoms with van der Waals surface area (Å²) in [7, 11) is 0. The predicted molar refractivity (Wildman–Crippen MR) is 56.7 cm³/mol. The van der Waals surface area contributed by atoms with Gasteiger partial charge in [-0.2, -0.15) is 5.26 Å². The Hall–Kier alpha value is -1.36. The van der Waals surface area contributed by atoms with Gasteiger partial charge in [-0.05, 0) is 30.0 Å². The Labute approximate surface area is 85.6 Å². The molecular formula is C12H16N2. The monoisotopic (exact) mass is 188 g/mol. The summed E-state index contributed by atoms with van der Waals surface area (Å²) < 4.78 is 0. The molecule has 0 aliphatic rings. The lowest BCUT2D eigenvalue weighted by molar-refractivity contribution is 0.483. The third-order valence-corrected chi connectivity index (χ3v) is 2.52. The number of pyridine rings is 1. The van der Waals surface area contributed by atoms with E-state index < -0.39 is 0 Å². The molecule has 0 aliphatic heterocycles. The second-order valence-corrected chi connectivity index (χ2v) is 3.65. The van der Waals surface area contributed by atoms with E-state index in [9.17, 15) is 0 Å². The van der Waals surface area contributed by atoms with Crippen molar-refractivity contribution in [3.05, 3.63) is 30.1 Å². The normalized spacial score (nSPS) is 14.4. The highest BCUT2D eigenvalue weighted by molar-refractivity contribution is 5.22. The summed E-state index contributed by atoms with van der Waals surface area (Å²) in [6.07, 6.45) is 5.72. The topological polar surface area (TPSA) is 36.7 Å². The van der Waals surface area contributed by atoms with Crippen LogP contribution < -0.4 is 0 Å². The van der Waals surface area contributed by atoms with Crippen LogP contribution in [0.1, 0.15) is 38.2 Å². The van der Waals surface area contributed by atoms with E-state index in [0.717, 1.165) is 18.4 Å². The quantitative estimate of drug-likeness (QED) is 0.727. The number of hydrogen-bond donors (Lipinski definition) is 0. The van der Waals surface area contributed by atoms with Crippen molar-refractivity contribution in [3.8, 4) is 6.07 Å². The van der Waals surface area contributed by atoms with Gasteiger partial charge in [0.15, 0.2) is 0 Å². The largest absolute Gasteiger partial charge is 0.265 e. The molecule has 1 aromatic rings. The first kappa shape index (κ1) is 10.7. The fourth-order valence-electron chi connectivity index (χ4n) is 1.72. The zero-order valence-corrected chi connectivity index (χ0v) is 8.77. The van der Waals surface area contributed by atoms with Gasteiger partial charge in [-0.25, -0.2) is 0 Å². The van der Waals surface area contributed by atoms with Crippen LogP contribution in [0.3, 0.4) is 0 Å². The molecule has 0 saturated carbocycles. The number of aromatic nitrogens is 1.